The average Bonchev–Trinajstić information content (AvgIpc) is 4.12. The van der Waals surface area contributed by atoms with E-state index in [0.29, 0.717) is 31.9 Å². The van der Waals surface area contributed by atoms with Gasteiger partial charge >= 0.3 is 0 Å². The van der Waals surface area contributed by atoms with Gasteiger partial charge in [-0.3, -0.25) is 30.3 Å². The Morgan fingerprint density at radius 1 is 0.556 bits per heavy atom. The number of halogens is 2. The van der Waals surface area contributed by atoms with Crippen LogP contribution in [0.1, 0.15) is 0 Å². The van der Waals surface area contributed by atoms with Gasteiger partial charge in [0.05, 0.1) is 39.2 Å². The number of rotatable bonds is 6. The maximum absolute atomic E-state index is 12.1. The Morgan fingerprint density at radius 3 is 1.13 bits per heavy atom. The van der Waals surface area contributed by atoms with Gasteiger partial charge in [0, 0.05) is 162 Å². The Kier molecular flexibility index (Phi) is 26.2. The number of nitro benzene ring substituents is 3. The number of β-amino-alcohol motifs (C(OH)–C–C–N with tert-alkyl or cyclic N) is 4. The van der Waals surface area contributed by atoms with E-state index >= 15 is 0 Å². The Balaban J connectivity index is 0.000000399. The van der Waals surface area contributed by atoms with Crippen LogP contribution in [-0.2, 0) is 12.4 Å². The van der Waals surface area contributed by atoms with Crippen LogP contribution in [0.15, 0.2) is 121 Å². The summed E-state index contributed by atoms with van der Waals surface area (Å²) < 4.78 is 17.5. The molecule has 8 rings (SSSR count). The van der Waals surface area contributed by atoms with Gasteiger partial charge in [-0.05, 0) is 60.7 Å². The summed E-state index contributed by atoms with van der Waals surface area (Å²) in [5.74, 6) is -0.467. The van der Waals surface area contributed by atoms with Gasteiger partial charge in [0.1, 0.15) is 5.82 Å². The zero-order chi connectivity index (χ0) is 44.9. The van der Waals surface area contributed by atoms with Crippen molar-refractivity contribution in [1.29, 1.82) is 4.78 Å². The van der Waals surface area contributed by atoms with Gasteiger partial charge in [-0.2, -0.15) is 0 Å². The molecule has 4 heterocycles. The van der Waals surface area contributed by atoms with E-state index in [9.17, 15) is 55.2 Å². The molecule has 0 bridgehead atoms. The molecule has 0 amide bonds. The van der Waals surface area contributed by atoms with E-state index in [4.69, 9.17) is 10.5 Å². The Labute approximate surface area is 404 Å². The number of aliphatic hydroxyl groups is 4. The SMILES string of the molecule is C1=CCNC1.Cl.N=S.Nc1ccc(N2C[C@@H](O)[C@@H](O)C2)cc1.O=[N+]([O-])c1ccc(F)cc1.O=[N+]([O-])c1ccc(N2CC=CC2)cc1.O=[N+]([O-])c1ccc(N2C[C@@H](O)[C@@H](O)C2)cc1.[Ar]. The van der Waals surface area contributed by atoms with E-state index in [0.717, 1.165) is 67.5 Å². The quantitative estimate of drug-likeness (QED) is 0.0606. The second kappa shape index (κ2) is 29.4. The number of non-ortho nitro benzene ring substituents is 3. The molecule has 4 aromatic rings. The first-order chi connectivity index (χ1) is 29.2. The summed E-state index contributed by atoms with van der Waals surface area (Å²) in [6.07, 6.45) is 5.62. The van der Waals surface area contributed by atoms with Crippen LogP contribution in [-0.4, -0.2) is 112 Å². The molecule has 23 heteroatoms. The van der Waals surface area contributed by atoms with Gasteiger partial charge in [0.25, 0.3) is 17.1 Å². The molecule has 0 aliphatic carbocycles. The molecule has 8 N–H and O–H groups in total. The largest absolute Gasteiger partial charge is 0.399 e. The van der Waals surface area contributed by atoms with Crippen LogP contribution in [0.2, 0.25) is 0 Å². The topological polar surface area (TPSA) is 282 Å². The van der Waals surface area contributed by atoms with E-state index in [1.54, 1.807) is 29.2 Å². The predicted octanol–water partition coefficient (Wildman–Crippen LogP) is 4.52. The molecule has 0 saturated carbocycles. The third kappa shape index (κ3) is 19.1. The van der Waals surface area contributed by atoms with Crippen molar-refractivity contribution in [2.45, 2.75) is 24.4 Å². The number of hydrogen-bond donors (Lipinski definition) is 7. The standard InChI is InChI=1S/C10H12N2O4.C10H14N2O2.C10H10N2O2.C6H4FNO2.C4H7N.Ar.ClH.HNS/c13-9-5-11(6-10(9)14)7-1-3-8(4-2-7)12(15)16;11-7-1-3-8(4-2-7)12-5-9(13)10(14)6-12;13-12(14)10-5-3-9(4-6-10)11-7-1-2-8-11;7-5-1-3-6(4-2-5)8(9)10;1-2-4-5-3-1;;;1-2/h1-4,9-10,13-14H,5-6H2;1-4,9-10,13-14H,5-6,11H2;1-6H,7-8H2;1-4H;1-2,5H,3-4H2;;1H;1H/t2*9-,10+;;;;;;. The van der Waals surface area contributed by atoms with Crippen LogP contribution in [0.25, 0.3) is 0 Å². The fourth-order valence-corrected chi connectivity index (χ4v) is 5.88. The number of benzene rings is 4. The molecule has 4 atom stereocenters. The molecule has 63 heavy (non-hydrogen) atoms. The molecule has 19 nitrogen and oxygen atoms in total. The van der Waals surface area contributed by atoms with Crippen molar-refractivity contribution in [1.82, 2.24) is 5.32 Å². The average molecular weight is 942 g/mol. The first-order valence-electron chi connectivity index (χ1n) is 18.6. The van der Waals surface area contributed by atoms with E-state index in [2.05, 4.69) is 46.9 Å². The molecule has 342 valence electrons. The molecule has 4 aliphatic heterocycles. The van der Waals surface area contributed by atoms with Gasteiger partial charge < -0.3 is 46.2 Å². The number of nitrogens with two attached hydrogens (primary N) is 1. The van der Waals surface area contributed by atoms with Crippen LogP contribution in [0.3, 0.4) is 0 Å². The summed E-state index contributed by atoms with van der Waals surface area (Å²) >= 11 is 3.33. The second-order valence-corrected chi connectivity index (χ2v) is 13.5. The van der Waals surface area contributed by atoms with E-state index in [-0.39, 0.29) is 72.1 Å². The van der Waals surface area contributed by atoms with Crippen molar-refractivity contribution >= 4 is 64.6 Å². The van der Waals surface area contributed by atoms with Crippen LogP contribution in [0, 0.1) is 78.7 Å². The van der Waals surface area contributed by atoms with Crippen molar-refractivity contribution in [3.05, 3.63) is 158 Å². The Hall–Kier alpha value is -4.94. The number of nitro groups is 3. The van der Waals surface area contributed by atoms with E-state index in [1.165, 1.54) is 24.3 Å². The summed E-state index contributed by atoms with van der Waals surface area (Å²) in [6.45, 7) is 5.56. The maximum Gasteiger partial charge on any atom is 0.269 e. The van der Waals surface area contributed by atoms with Gasteiger partial charge in [-0.15, -0.1) is 12.4 Å². The molecule has 4 aliphatic rings. The van der Waals surface area contributed by atoms with Crippen LogP contribution >= 0.6 is 12.4 Å². The minimum atomic E-state index is -0.754. The Morgan fingerprint density at radius 2 is 0.841 bits per heavy atom. The van der Waals surface area contributed by atoms with Crippen LogP contribution in [0.5, 0.6) is 0 Å². The molecule has 0 unspecified atom stereocenters. The summed E-state index contributed by atoms with van der Waals surface area (Å²) in [5.41, 5.74) is 9.13. The molecule has 2 saturated heterocycles. The van der Waals surface area contributed by atoms with Gasteiger partial charge in [-0.25, -0.2) is 9.17 Å². The summed E-state index contributed by atoms with van der Waals surface area (Å²) in [7, 11) is 0. The van der Waals surface area contributed by atoms with Gasteiger partial charge in [-0.1, -0.05) is 24.3 Å². The van der Waals surface area contributed by atoms with Gasteiger partial charge in [0.2, 0.25) is 0 Å². The summed E-state index contributed by atoms with van der Waals surface area (Å²) in [5, 5.41) is 71.4. The maximum atomic E-state index is 12.1. The number of nitrogens with one attached hydrogen (secondary N) is 2. The minimum absolute atomic E-state index is 0. The molecular weight excluding hydrogens is 893 g/mol. The first kappa shape index (κ1) is 56.1. The third-order valence-electron chi connectivity index (χ3n) is 9.17. The summed E-state index contributed by atoms with van der Waals surface area (Å²) in [4.78, 5) is 35.3. The fourth-order valence-electron chi connectivity index (χ4n) is 5.88. The Bertz CT molecular complexity index is 2010. The fraction of sp³-hybridized carbons (Fsp3) is 0.300. The molecule has 4 aromatic carbocycles. The minimum Gasteiger partial charge on any atom is -0.399 e. The van der Waals surface area contributed by atoms with Crippen molar-refractivity contribution in [2.75, 3.05) is 72.8 Å². The number of nitrogens with zero attached hydrogens (tertiary/aromatic N) is 6. The molecule has 0 radical (unpaired) electrons. The monoisotopic (exact) mass is 941 g/mol. The number of anilines is 4. The number of aliphatic hydroxyl groups excluding tert-OH is 4. The number of nitrogen functional groups attached to an aromatic ring is 1. The van der Waals surface area contributed by atoms with Crippen molar-refractivity contribution < 1.29 is 77.3 Å². The predicted molar refractivity (Wildman–Crippen MR) is 239 cm³/mol. The van der Waals surface area contributed by atoms with Crippen molar-refractivity contribution in [3.63, 3.8) is 0 Å². The van der Waals surface area contributed by atoms with Gasteiger partial charge in [0.15, 0.2) is 0 Å². The second-order valence-electron chi connectivity index (χ2n) is 13.5. The molecule has 0 aromatic heterocycles. The normalized spacial score (nSPS) is 18.7. The zero-order valence-corrected chi connectivity index (χ0v) is 35.9. The third-order valence-corrected chi connectivity index (χ3v) is 9.17. The van der Waals surface area contributed by atoms with Crippen LogP contribution < -0.4 is 25.8 Å². The molecule has 2 fully saturated rings. The van der Waals surface area contributed by atoms with E-state index < -0.39 is 40.1 Å². The van der Waals surface area contributed by atoms with E-state index in [1.807, 2.05) is 29.2 Å². The zero-order valence-electron chi connectivity index (χ0n) is 33.6. The molecular formula is C40H49ArClFN9O10S. The smallest absolute Gasteiger partial charge is 0.269 e. The van der Waals surface area contributed by atoms with Crippen molar-refractivity contribution in [3.8, 4) is 0 Å². The van der Waals surface area contributed by atoms with Crippen LogP contribution in [0.4, 0.5) is 44.2 Å². The number of hydrogen-bond acceptors (Lipinski definition) is 17. The first-order valence-corrected chi connectivity index (χ1v) is 19.0. The van der Waals surface area contributed by atoms with Crippen molar-refractivity contribution in [2.24, 2.45) is 0 Å². The molecule has 0 spiro atoms. The summed E-state index contributed by atoms with van der Waals surface area (Å²) in [6, 6.07) is 24.4.